The van der Waals surface area contributed by atoms with Gasteiger partial charge in [-0.15, -0.1) is 0 Å². The van der Waals surface area contributed by atoms with Crippen molar-refractivity contribution in [2.45, 2.75) is 25.9 Å². The van der Waals surface area contributed by atoms with Crippen LogP contribution in [0.5, 0.6) is 0 Å². The van der Waals surface area contributed by atoms with Crippen LogP contribution >= 0.6 is 0 Å². The largest absolute Gasteiger partial charge is 0.619 e. The summed E-state index contributed by atoms with van der Waals surface area (Å²) in [5.41, 5.74) is 2.87. The van der Waals surface area contributed by atoms with E-state index >= 15 is 0 Å². The van der Waals surface area contributed by atoms with Crippen LogP contribution < -0.4 is 9.63 Å². The molecule has 1 aromatic heterocycles. The van der Waals surface area contributed by atoms with Crippen molar-refractivity contribution in [3.8, 4) is 0 Å². The lowest BCUT2D eigenvalue weighted by Crippen LogP contribution is -2.43. The van der Waals surface area contributed by atoms with Gasteiger partial charge in [0.05, 0.1) is 5.56 Å². The number of pyridine rings is 1. The van der Waals surface area contributed by atoms with Crippen molar-refractivity contribution in [2.24, 2.45) is 0 Å². The van der Waals surface area contributed by atoms with Crippen molar-refractivity contribution in [1.82, 2.24) is 4.90 Å². The van der Waals surface area contributed by atoms with Gasteiger partial charge >= 0.3 is 0 Å². The Morgan fingerprint density at radius 1 is 1.26 bits per heavy atom. The lowest BCUT2D eigenvalue weighted by molar-refractivity contribution is -0.605. The highest BCUT2D eigenvalue weighted by Crippen LogP contribution is 2.27. The number of hydrogen-bond donors (Lipinski definition) is 0. The van der Waals surface area contributed by atoms with E-state index in [0.717, 1.165) is 18.5 Å². The fourth-order valence-electron chi connectivity index (χ4n) is 3.15. The lowest BCUT2D eigenvalue weighted by atomic mass is 10.1. The second-order valence-corrected chi connectivity index (χ2v) is 5.95. The van der Waals surface area contributed by atoms with Gasteiger partial charge in [-0.1, -0.05) is 25.1 Å². The number of nitrogens with zero attached hydrogens (tertiary/aromatic N) is 3. The number of amides is 1. The average Bonchev–Trinajstić information content (AvgIpc) is 2.72. The van der Waals surface area contributed by atoms with E-state index in [0.29, 0.717) is 16.8 Å². The second kappa shape index (κ2) is 6.28. The molecule has 1 aliphatic heterocycles. The Hall–Kier alpha value is -2.56. The van der Waals surface area contributed by atoms with Crippen LogP contribution in [0.1, 0.15) is 29.3 Å². The third kappa shape index (κ3) is 2.99. The van der Waals surface area contributed by atoms with E-state index in [4.69, 9.17) is 0 Å². The Labute approximate surface area is 136 Å². The van der Waals surface area contributed by atoms with Gasteiger partial charge in [0.1, 0.15) is 0 Å². The van der Waals surface area contributed by atoms with Gasteiger partial charge in [-0.2, -0.15) is 4.73 Å². The van der Waals surface area contributed by atoms with Crippen molar-refractivity contribution in [2.75, 3.05) is 18.5 Å². The number of aromatic nitrogens is 1. The molecular formula is C18H21N3O2. The number of rotatable bonds is 2. The molecule has 0 unspecified atom stereocenters. The summed E-state index contributed by atoms with van der Waals surface area (Å²) >= 11 is 0. The third-order valence-electron chi connectivity index (χ3n) is 4.45. The van der Waals surface area contributed by atoms with Crippen molar-refractivity contribution in [1.29, 1.82) is 0 Å². The zero-order chi connectivity index (χ0) is 16.4. The number of anilines is 1. The highest BCUT2D eigenvalue weighted by molar-refractivity contribution is 5.94. The fourth-order valence-corrected chi connectivity index (χ4v) is 3.15. The molecule has 0 fully saturated rings. The molecule has 1 aromatic carbocycles. The number of carbonyl (C=O) groups excluding carboxylic acids is 1. The molecule has 5 nitrogen and oxygen atoms in total. The molecule has 120 valence electrons. The topological polar surface area (TPSA) is 50.5 Å². The van der Waals surface area contributed by atoms with E-state index in [-0.39, 0.29) is 11.9 Å². The Kier molecular flexibility index (Phi) is 4.19. The molecule has 5 heteroatoms. The highest BCUT2D eigenvalue weighted by Gasteiger charge is 2.29. The molecule has 1 aliphatic rings. The van der Waals surface area contributed by atoms with Crippen LogP contribution in [0.25, 0.3) is 0 Å². The summed E-state index contributed by atoms with van der Waals surface area (Å²) in [5, 5.41) is 11.2. The second-order valence-electron chi connectivity index (χ2n) is 5.95. The fraction of sp³-hybridized carbons (Fsp3) is 0.333. The molecule has 1 amide bonds. The number of hydrogen-bond acceptors (Lipinski definition) is 3. The van der Waals surface area contributed by atoms with Gasteiger partial charge < -0.3 is 15.0 Å². The first-order chi connectivity index (χ1) is 11.1. The summed E-state index contributed by atoms with van der Waals surface area (Å²) in [6.07, 6.45) is 3.62. The van der Waals surface area contributed by atoms with Crippen LogP contribution in [0.4, 0.5) is 5.69 Å². The molecule has 2 heterocycles. The van der Waals surface area contributed by atoms with E-state index in [2.05, 4.69) is 31.0 Å². The van der Waals surface area contributed by atoms with E-state index < -0.39 is 0 Å². The molecule has 0 aliphatic carbocycles. The normalized spacial score (nSPS) is 17.6. The molecule has 2 aromatic rings. The van der Waals surface area contributed by atoms with E-state index in [9.17, 15) is 10.0 Å². The van der Waals surface area contributed by atoms with Crippen molar-refractivity contribution >= 4 is 11.6 Å². The minimum absolute atomic E-state index is 0.0254. The Bertz CT molecular complexity index is 700. The Morgan fingerprint density at radius 3 is 2.65 bits per heavy atom. The molecule has 23 heavy (non-hydrogen) atoms. The summed E-state index contributed by atoms with van der Waals surface area (Å²) in [4.78, 5) is 17.1. The van der Waals surface area contributed by atoms with Gasteiger partial charge in [0.15, 0.2) is 12.4 Å². The predicted molar refractivity (Wildman–Crippen MR) is 89.1 cm³/mol. The minimum atomic E-state index is -0.0254. The van der Waals surface area contributed by atoms with Crippen LogP contribution in [0.2, 0.25) is 0 Å². The molecule has 3 rings (SSSR count). The monoisotopic (exact) mass is 311 g/mol. The van der Waals surface area contributed by atoms with E-state index in [1.165, 1.54) is 18.1 Å². The van der Waals surface area contributed by atoms with Crippen LogP contribution in [0.15, 0.2) is 48.8 Å². The lowest BCUT2D eigenvalue weighted by Gasteiger charge is -2.30. The number of likely N-dealkylation sites (N-methyl/N-ethyl adjacent to an activating group) is 1. The van der Waals surface area contributed by atoms with Gasteiger partial charge in [0, 0.05) is 44.0 Å². The first-order valence-corrected chi connectivity index (χ1v) is 7.89. The van der Waals surface area contributed by atoms with Crippen molar-refractivity contribution in [3.63, 3.8) is 0 Å². The van der Waals surface area contributed by atoms with Crippen LogP contribution in [0, 0.1) is 5.21 Å². The summed E-state index contributed by atoms with van der Waals surface area (Å²) in [5.74, 6) is -0.0254. The molecule has 0 bridgehead atoms. The third-order valence-corrected chi connectivity index (χ3v) is 4.45. The summed E-state index contributed by atoms with van der Waals surface area (Å²) in [6.45, 7) is 3.49. The minimum Gasteiger partial charge on any atom is -0.619 e. The number of para-hydroxylation sites is 1. The molecule has 0 spiro atoms. The quantitative estimate of drug-likeness (QED) is 0.631. The van der Waals surface area contributed by atoms with Crippen LogP contribution in [0.3, 0.4) is 0 Å². The standard InChI is InChI=1S/C18H21N3O2/c1-3-16-13-19(2)17-7-5-4-6-15(17)12-21(16)18(22)14-8-10-20(23)11-9-14/h4-11,16H,3,12-13H2,1-2H3/t16-/m0/s1. The molecule has 0 radical (unpaired) electrons. The maximum Gasteiger partial charge on any atom is 0.254 e. The van der Waals surface area contributed by atoms with Crippen molar-refractivity contribution < 1.29 is 9.52 Å². The zero-order valence-electron chi connectivity index (χ0n) is 13.5. The number of fused-ring (bicyclic) bond motifs is 1. The smallest absolute Gasteiger partial charge is 0.254 e. The van der Waals surface area contributed by atoms with Crippen LogP contribution in [-0.2, 0) is 6.54 Å². The maximum atomic E-state index is 12.9. The van der Waals surface area contributed by atoms with Gasteiger partial charge in [0.2, 0.25) is 0 Å². The molecular weight excluding hydrogens is 290 g/mol. The van der Waals surface area contributed by atoms with Gasteiger partial charge in [0.25, 0.3) is 5.91 Å². The van der Waals surface area contributed by atoms with Crippen molar-refractivity contribution in [3.05, 3.63) is 65.1 Å². The molecule has 1 atom stereocenters. The SMILES string of the molecule is CC[C@H]1CN(C)c2ccccc2CN1C(=O)c1cc[n+]([O-])cc1. The Morgan fingerprint density at radius 2 is 1.96 bits per heavy atom. The predicted octanol–water partition coefficient (Wildman–Crippen LogP) is 2.19. The van der Waals surface area contributed by atoms with E-state index in [1.54, 1.807) is 12.1 Å². The zero-order valence-corrected chi connectivity index (χ0v) is 13.5. The summed E-state index contributed by atoms with van der Waals surface area (Å²) in [7, 11) is 2.07. The highest BCUT2D eigenvalue weighted by atomic mass is 16.5. The van der Waals surface area contributed by atoms with Crippen LogP contribution in [-0.4, -0.2) is 30.4 Å². The Balaban J connectivity index is 1.96. The summed E-state index contributed by atoms with van der Waals surface area (Å²) in [6, 6.07) is 11.5. The van der Waals surface area contributed by atoms with Gasteiger partial charge in [-0.3, -0.25) is 4.79 Å². The maximum absolute atomic E-state index is 12.9. The number of carbonyl (C=O) groups is 1. The number of benzene rings is 1. The first kappa shape index (κ1) is 15.3. The molecule has 0 saturated heterocycles. The first-order valence-electron chi connectivity index (χ1n) is 7.89. The summed E-state index contributed by atoms with van der Waals surface area (Å²) < 4.78 is 0.694. The molecule has 0 N–H and O–H groups in total. The van der Waals surface area contributed by atoms with E-state index in [1.807, 2.05) is 17.0 Å². The van der Waals surface area contributed by atoms with Gasteiger partial charge in [-0.05, 0) is 18.1 Å². The van der Waals surface area contributed by atoms with Gasteiger partial charge in [-0.25, -0.2) is 0 Å². The average molecular weight is 311 g/mol. The molecule has 0 saturated carbocycles.